The summed E-state index contributed by atoms with van der Waals surface area (Å²) in [6.07, 6.45) is 4.22. The van der Waals surface area contributed by atoms with Crippen LogP contribution in [0.4, 0.5) is 0 Å². The van der Waals surface area contributed by atoms with Gasteiger partial charge < -0.3 is 13.9 Å². The molecule has 5 heteroatoms. The van der Waals surface area contributed by atoms with E-state index in [0.717, 1.165) is 25.7 Å². The van der Waals surface area contributed by atoms with E-state index in [0.29, 0.717) is 16.9 Å². The smallest absolute Gasteiger partial charge is 0.291 e. The lowest BCUT2D eigenvalue weighted by Crippen LogP contribution is -2.12. The van der Waals surface area contributed by atoms with Gasteiger partial charge in [0.25, 0.3) is 5.97 Å². The van der Waals surface area contributed by atoms with Crippen molar-refractivity contribution in [2.75, 3.05) is 14.2 Å². The molecule has 0 radical (unpaired) electrons. The zero-order valence-electron chi connectivity index (χ0n) is 9.25. The summed E-state index contributed by atoms with van der Waals surface area (Å²) < 4.78 is 14.8. The molecule has 84 valence electrons. The van der Waals surface area contributed by atoms with Crippen LogP contribution >= 0.6 is 0 Å². The summed E-state index contributed by atoms with van der Waals surface area (Å²) >= 11 is 0. The molecule has 0 N–H and O–H groups in total. The van der Waals surface area contributed by atoms with Crippen molar-refractivity contribution >= 4 is 16.5 Å². The van der Waals surface area contributed by atoms with Crippen LogP contribution in [0, 0.1) is 0 Å². The third-order valence-corrected chi connectivity index (χ3v) is 2.53. The predicted octanol–water partition coefficient (Wildman–Crippen LogP) is 0.379. The van der Waals surface area contributed by atoms with Crippen LogP contribution < -0.4 is 0 Å². The largest absolute Gasteiger partial charge is 0.529 e. The summed E-state index contributed by atoms with van der Waals surface area (Å²) in [4.78, 5) is 10.8. The summed E-state index contributed by atoms with van der Waals surface area (Å²) in [6.45, 7) is 0. The molecule has 0 rings (SSSR count). The van der Waals surface area contributed by atoms with Gasteiger partial charge in [-0.05, 0) is 19.3 Å². The SMILES string of the molecule is COC(CCCCCC(=O)O[SiH3])OC. The van der Waals surface area contributed by atoms with Crippen LogP contribution in [0.2, 0.25) is 0 Å². The minimum atomic E-state index is -0.111. The highest BCUT2D eigenvalue weighted by Gasteiger charge is 2.04. The fraction of sp³-hybridized carbons (Fsp3) is 0.889. The van der Waals surface area contributed by atoms with Crippen LogP contribution in [0.3, 0.4) is 0 Å². The van der Waals surface area contributed by atoms with E-state index in [1.165, 1.54) is 0 Å². The van der Waals surface area contributed by atoms with Crippen molar-refractivity contribution in [2.24, 2.45) is 0 Å². The molecule has 0 saturated heterocycles. The normalized spacial score (nSPS) is 10.8. The molecule has 0 aromatic heterocycles. The van der Waals surface area contributed by atoms with Gasteiger partial charge in [0.15, 0.2) is 6.29 Å². The molecule has 0 aliphatic carbocycles. The topological polar surface area (TPSA) is 44.8 Å². The van der Waals surface area contributed by atoms with E-state index < -0.39 is 0 Å². The van der Waals surface area contributed by atoms with Crippen molar-refractivity contribution in [3.8, 4) is 0 Å². The molecule has 0 bridgehead atoms. The highest BCUT2D eigenvalue weighted by molar-refractivity contribution is 6.05. The fourth-order valence-electron chi connectivity index (χ4n) is 1.19. The third kappa shape index (κ3) is 7.05. The Balaban J connectivity index is 3.24. The summed E-state index contributed by atoms with van der Waals surface area (Å²) in [5, 5.41) is 0. The molecule has 0 unspecified atom stereocenters. The summed E-state index contributed by atoms with van der Waals surface area (Å²) in [6, 6.07) is 0. The van der Waals surface area contributed by atoms with Gasteiger partial charge in [0, 0.05) is 20.6 Å². The second kappa shape index (κ2) is 9.17. The Hall–Kier alpha value is -0.393. The zero-order valence-corrected chi connectivity index (χ0v) is 11.2. The minimum Gasteiger partial charge on any atom is -0.529 e. The Bertz CT molecular complexity index is 148. The highest BCUT2D eigenvalue weighted by Crippen LogP contribution is 2.08. The molecule has 0 saturated carbocycles. The van der Waals surface area contributed by atoms with E-state index in [1.807, 2.05) is 0 Å². The Labute approximate surface area is 88.5 Å². The Morgan fingerprint density at radius 3 is 2.36 bits per heavy atom. The number of ether oxygens (including phenoxy) is 2. The molecule has 0 fully saturated rings. The van der Waals surface area contributed by atoms with Crippen LogP contribution in [-0.2, 0) is 18.7 Å². The summed E-state index contributed by atoms with van der Waals surface area (Å²) in [7, 11) is 3.76. The van der Waals surface area contributed by atoms with Crippen molar-refractivity contribution in [3.05, 3.63) is 0 Å². The lowest BCUT2D eigenvalue weighted by Gasteiger charge is -2.12. The van der Waals surface area contributed by atoms with Crippen LogP contribution in [0.15, 0.2) is 0 Å². The van der Waals surface area contributed by atoms with Crippen LogP contribution in [-0.4, -0.2) is 37.0 Å². The van der Waals surface area contributed by atoms with Crippen LogP contribution in [0.25, 0.3) is 0 Å². The second-order valence-corrected chi connectivity index (χ2v) is 3.48. The van der Waals surface area contributed by atoms with E-state index in [-0.39, 0.29) is 12.3 Å². The first-order valence-electron chi connectivity index (χ1n) is 4.87. The van der Waals surface area contributed by atoms with E-state index in [4.69, 9.17) is 9.47 Å². The summed E-state index contributed by atoms with van der Waals surface area (Å²) in [5.74, 6) is -0.0771. The number of rotatable bonds is 8. The van der Waals surface area contributed by atoms with Gasteiger partial charge in [-0.1, -0.05) is 6.42 Å². The van der Waals surface area contributed by atoms with Gasteiger partial charge >= 0.3 is 0 Å². The molecule has 0 atom stereocenters. The molecule has 0 spiro atoms. The lowest BCUT2D eigenvalue weighted by molar-refractivity contribution is -0.134. The van der Waals surface area contributed by atoms with Crippen LogP contribution in [0.5, 0.6) is 0 Å². The Morgan fingerprint density at radius 1 is 1.21 bits per heavy atom. The molecule has 0 aliphatic rings. The maximum Gasteiger partial charge on any atom is 0.291 e. The zero-order chi connectivity index (χ0) is 10.8. The number of hydrogen-bond donors (Lipinski definition) is 0. The average Bonchev–Trinajstić information content (AvgIpc) is 2.23. The average molecular weight is 220 g/mol. The standard InChI is InChI=1S/C9H20O4Si/c1-11-9(12-2)7-5-3-4-6-8(10)13-14/h9H,3-7H2,1-2,14H3. The maximum absolute atomic E-state index is 10.8. The Morgan fingerprint density at radius 2 is 1.86 bits per heavy atom. The van der Waals surface area contributed by atoms with E-state index in [2.05, 4.69) is 4.43 Å². The molecule has 4 nitrogen and oxygen atoms in total. The van der Waals surface area contributed by atoms with Gasteiger partial charge in [-0.25, -0.2) is 0 Å². The van der Waals surface area contributed by atoms with Crippen molar-refractivity contribution in [2.45, 2.75) is 38.4 Å². The first-order valence-corrected chi connectivity index (χ1v) is 5.68. The van der Waals surface area contributed by atoms with Gasteiger partial charge in [-0.15, -0.1) is 0 Å². The van der Waals surface area contributed by atoms with E-state index >= 15 is 0 Å². The molecule has 0 aromatic rings. The first-order chi connectivity index (χ1) is 6.74. The fourth-order valence-corrected chi connectivity index (χ4v) is 1.40. The van der Waals surface area contributed by atoms with Crippen LogP contribution in [0.1, 0.15) is 32.1 Å². The Kier molecular flexibility index (Phi) is 8.92. The summed E-state index contributed by atoms with van der Waals surface area (Å²) in [5.41, 5.74) is 0. The number of carbonyl (C=O) groups excluding carboxylic acids is 1. The van der Waals surface area contributed by atoms with Gasteiger partial charge in [0.1, 0.15) is 0 Å². The van der Waals surface area contributed by atoms with Gasteiger partial charge in [0.05, 0.1) is 0 Å². The molecule has 0 aliphatic heterocycles. The number of carbonyl (C=O) groups is 1. The van der Waals surface area contributed by atoms with Crippen molar-refractivity contribution in [3.63, 3.8) is 0 Å². The number of methoxy groups -OCH3 is 2. The van der Waals surface area contributed by atoms with Crippen molar-refractivity contribution < 1.29 is 18.7 Å². The van der Waals surface area contributed by atoms with E-state index in [9.17, 15) is 4.79 Å². The van der Waals surface area contributed by atoms with Gasteiger partial charge in [-0.3, -0.25) is 4.79 Å². The van der Waals surface area contributed by atoms with Crippen molar-refractivity contribution in [1.82, 2.24) is 0 Å². The first kappa shape index (κ1) is 13.6. The maximum atomic E-state index is 10.8. The molecular weight excluding hydrogens is 200 g/mol. The molecule has 0 amide bonds. The second-order valence-electron chi connectivity index (χ2n) is 3.08. The lowest BCUT2D eigenvalue weighted by atomic mass is 10.1. The third-order valence-electron chi connectivity index (χ3n) is 2.07. The molecular formula is C9H20O4Si. The molecule has 0 aromatic carbocycles. The quantitative estimate of drug-likeness (QED) is 0.337. The number of hydrogen-bond acceptors (Lipinski definition) is 4. The predicted molar refractivity (Wildman–Crippen MR) is 56.9 cm³/mol. The highest BCUT2D eigenvalue weighted by atomic mass is 28.2. The van der Waals surface area contributed by atoms with Crippen molar-refractivity contribution in [1.29, 1.82) is 0 Å². The molecule has 0 heterocycles. The minimum absolute atomic E-state index is 0.0771. The van der Waals surface area contributed by atoms with E-state index in [1.54, 1.807) is 14.2 Å². The monoisotopic (exact) mass is 220 g/mol. The molecule has 14 heavy (non-hydrogen) atoms. The van der Waals surface area contributed by atoms with Gasteiger partial charge in [-0.2, -0.15) is 0 Å². The van der Waals surface area contributed by atoms with Gasteiger partial charge in [0.2, 0.25) is 10.5 Å². The number of unbranched alkanes of at least 4 members (excludes halogenated alkanes) is 2.